The van der Waals surface area contributed by atoms with Gasteiger partial charge in [0, 0.05) is 17.5 Å². The number of benzene rings is 2. The predicted molar refractivity (Wildman–Crippen MR) is 96.6 cm³/mol. The Bertz CT molecular complexity index is 1230. The van der Waals surface area contributed by atoms with Gasteiger partial charge in [0.1, 0.15) is 6.33 Å². The third kappa shape index (κ3) is 2.69. The second kappa shape index (κ2) is 6.17. The number of fused-ring (bicyclic) bond motifs is 3. The summed E-state index contributed by atoms with van der Waals surface area (Å²) in [6.45, 7) is 0. The Morgan fingerprint density at radius 3 is 2.54 bits per heavy atom. The molecule has 0 saturated heterocycles. The molecule has 0 fully saturated rings. The molecule has 126 valence electrons. The number of hydrogen-bond donors (Lipinski definition) is 0. The van der Waals surface area contributed by atoms with Crippen molar-refractivity contribution in [2.45, 2.75) is 0 Å². The van der Waals surface area contributed by atoms with Gasteiger partial charge in [0.05, 0.1) is 10.4 Å². The van der Waals surface area contributed by atoms with Crippen molar-refractivity contribution in [2.75, 3.05) is 0 Å². The third-order valence-corrected chi connectivity index (χ3v) is 3.91. The topological polar surface area (TPSA) is 103 Å². The summed E-state index contributed by atoms with van der Waals surface area (Å²) in [6.07, 6.45) is 4.60. The van der Waals surface area contributed by atoms with E-state index in [0.717, 1.165) is 10.9 Å². The lowest BCUT2D eigenvalue weighted by Gasteiger charge is -2.03. The lowest BCUT2D eigenvalue weighted by Crippen LogP contribution is -2.20. The SMILES string of the molecule is O=c1c(C=Cc2ccc([N+](=O)[O-])cc2)nnc2c3ccccc3ncn12. The van der Waals surface area contributed by atoms with Crippen LogP contribution in [0.15, 0.2) is 59.7 Å². The highest BCUT2D eigenvalue weighted by molar-refractivity contribution is 5.90. The van der Waals surface area contributed by atoms with Gasteiger partial charge >= 0.3 is 0 Å². The van der Waals surface area contributed by atoms with E-state index < -0.39 is 4.92 Å². The van der Waals surface area contributed by atoms with Gasteiger partial charge in [-0.05, 0) is 35.9 Å². The van der Waals surface area contributed by atoms with Crippen molar-refractivity contribution in [3.63, 3.8) is 0 Å². The van der Waals surface area contributed by atoms with E-state index in [1.54, 1.807) is 18.2 Å². The first-order chi connectivity index (χ1) is 12.6. The number of non-ortho nitro benzene ring substituents is 1. The van der Waals surface area contributed by atoms with Gasteiger partial charge in [-0.3, -0.25) is 14.9 Å². The largest absolute Gasteiger partial charge is 0.285 e. The van der Waals surface area contributed by atoms with E-state index in [9.17, 15) is 14.9 Å². The summed E-state index contributed by atoms with van der Waals surface area (Å²) >= 11 is 0. The fraction of sp³-hybridized carbons (Fsp3) is 0. The number of rotatable bonds is 3. The molecule has 0 amide bonds. The molecule has 0 bridgehead atoms. The van der Waals surface area contributed by atoms with Crippen LogP contribution in [0.1, 0.15) is 11.3 Å². The van der Waals surface area contributed by atoms with Crippen molar-refractivity contribution in [2.24, 2.45) is 0 Å². The van der Waals surface area contributed by atoms with Gasteiger partial charge in [-0.2, -0.15) is 0 Å². The minimum atomic E-state index is -0.466. The maximum absolute atomic E-state index is 12.6. The summed E-state index contributed by atoms with van der Waals surface area (Å²) in [4.78, 5) is 27.1. The van der Waals surface area contributed by atoms with Crippen molar-refractivity contribution in [3.05, 3.63) is 86.6 Å². The molecular weight excluding hydrogens is 334 g/mol. The van der Waals surface area contributed by atoms with Gasteiger partial charge in [0.2, 0.25) is 0 Å². The molecule has 8 nitrogen and oxygen atoms in total. The van der Waals surface area contributed by atoms with E-state index >= 15 is 0 Å². The molecule has 2 heterocycles. The van der Waals surface area contributed by atoms with Crippen molar-refractivity contribution >= 4 is 34.4 Å². The number of nitro benzene ring substituents is 1. The van der Waals surface area contributed by atoms with Crippen LogP contribution in [0.3, 0.4) is 0 Å². The Morgan fingerprint density at radius 1 is 1.00 bits per heavy atom. The van der Waals surface area contributed by atoms with Crippen LogP contribution >= 0.6 is 0 Å². The maximum atomic E-state index is 12.6. The summed E-state index contributed by atoms with van der Waals surface area (Å²) in [5.74, 6) is 0. The molecule has 0 spiro atoms. The van der Waals surface area contributed by atoms with Gasteiger partial charge in [0.25, 0.3) is 11.2 Å². The highest BCUT2D eigenvalue weighted by Gasteiger charge is 2.08. The molecule has 4 aromatic rings. The molecule has 0 saturated carbocycles. The van der Waals surface area contributed by atoms with Crippen LogP contribution in [-0.4, -0.2) is 24.5 Å². The Kier molecular flexibility index (Phi) is 3.70. The molecule has 0 aliphatic heterocycles. The summed E-state index contributed by atoms with van der Waals surface area (Å²) in [5, 5.41) is 19.6. The third-order valence-electron chi connectivity index (χ3n) is 3.91. The molecule has 0 radical (unpaired) electrons. The minimum absolute atomic E-state index is 0.00525. The van der Waals surface area contributed by atoms with Gasteiger partial charge in [-0.15, -0.1) is 10.2 Å². The predicted octanol–water partition coefficient (Wildman–Crippen LogP) is 2.72. The van der Waals surface area contributed by atoms with Crippen molar-refractivity contribution in [3.8, 4) is 0 Å². The van der Waals surface area contributed by atoms with Crippen LogP contribution in [0, 0.1) is 10.1 Å². The number of aromatic nitrogens is 4. The first kappa shape index (κ1) is 15.6. The monoisotopic (exact) mass is 345 g/mol. The molecule has 0 N–H and O–H groups in total. The normalized spacial score (nSPS) is 11.4. The summed E-state index contributed by atoms with van der Waals surface area (Å²) in [6, 6.07) is 13.4. The van der Waals surface area contributed by atoms with Crippen LogP contribution in [0.4, 0.5) is 5.69 Å². The van der Waals surface area contributed by atoms with E-state index in [1.165, 1.54) is 28.9 Å². The molecule has 26 heavy (non-hydrogen) atoms. The zero-order valence-corrected chi connectivity index (χ0v) is 13.3. The van der Waals surface area contributed by atoms with Crippen LogP contribution in [0.2, 0.25) is 0 Å². The van der Waals surface area contributed by atoms with Gasteiger partial charge in [-0.25, -0.2) is 9.38 Å². The fourth-order valence-corrected chi connectivity index (χ4v) is 2.58. The number of nitrogens with zero attached hydrogens (tertiary/aromatic N) is 5. The van der Waals surface area contributed by atoms with E-state index in [4.69, 9.17) is 0 Å². The standard InChI is InChI=1S/C18H11N5O3/c24-18-16(10-7-12-5-8-13(9-6-12)23(25)26)20-21-17-14-3-1-2-4-15(14)19-11-22(17)18/h1-11H. The molecule has 0 aliphatic carbocycles. The molecule has 0 aliphatic rings. The molecule has 2 aromatic carbocycles. The lowest BCUT2D eigenvalue weighted by atomic mass is 10.2. The number of hydrogen-bond acceptors (Lipinski definition) is 6. The first-order valence-corrected chi connectivity index (χ1v) is 7.69. The van der Waals surface area contributed by atoms with Crippen LogP contribution < -0.4 is 5.56 Å². The summed E-state index contributed by atoms with van der Waals surface area (Å²) in [7, 11) is 0. The maximum Gasteiger partial charge on any atom is 0.285 e. The Hall–Kier alpha value is -3.94. The Morgan fingerprint density at radius 2 is 1.77 bits per heavy atom. The average molecular weight is 345 g/mol. The van der Waals surface area contributed by atoms with Crippen molar-refractivity contribution in [1.82, 2.24) is 19.6 Å². The van der Waals surface area contributed by atoms with Gasteiger partial charge in [0.15, 0.2) is 11.3 Å². The number of nitro groups is 1. The zero-order chi connectivity index (χ0) is 18.1. The van der Waals surface area contributed by atoms with E-state index in [-0.39, 0.29) is 16.9 Å². The van der Waals surface area contributed by atoms with E-state index in [0.29, 0.717) is 11.2 Å². The summed E-state index contributed by atoms with van der Waals surface area (Å²) in [5.41, 5.74) is 1.69. The Labute approximate surface area is 146 Å². The molecular formula is C18H11N5O3. The highest BCUT2D eigenvalue weighted by atomic mass is 16.6. The van der Waals surface area contributed by atoms with Gasteiger partial charge < -0.3 is 0 Å². The van der Waals surface area contributed by atoms with E-state index in [1.807, 2.05) is 24.3 Å². The second-order valence-corrected chi connectivity index (χ2v) is 5.53. The molecule has 0 atom stereocenters. The lowest BCUT2D eigenvalue weighted by molar-refractivity contribution is -0.384. The molecule has 2 aromatic heterocycles. The van der Waals surface area contributed by atoms with Crippen LogP contribution in [0.25, 0.3) is 28.7 Å². The summed E-state index contributed by atoms with van der Waals surface area (Å²) < 4.78 is 1.35. The van der Waals surface area contributed by atoms with Crippen molar-refractivity contribution in [1.29, 1.82) is 0 Å². The zero-order valence-electron chi connectivity index (χ0n) is 13.3. The first-order valence-electron chi connectivity index (χ1n) is 7.69. The molecule has 8 heteroatoms. The van der Waals surface area contributed by atoms with Crippen LogP contribution in [-0.2, 0) is 0 Å². The fourth-order valence-electron chi connectivity index (χ4n) is 2.58. The molecule has 4 rings (SSSR count). The smallest absolute Gasteiger partial charge is 0.266 e. The highest BCUT2D eigenvalue weighted by Crippen LogP contribution is 2.15. The van der Waals surface area contributed by atoms with Crippen molar-refractivity contribution < 1.29 is 4.92 Å². The Balaban J connectivity index is 1.75. The minimum Gasteiger partial charge on any atom is -0.266 e. The average Bonchev–Trinajstić information content (AvgIpc) is 2.67. The quantitative estimate of drug-likeness (QED) is 0.321. The van der Waals surface area contributed by atoms with Crippen LogP contribution in [0.5, 0.6) is 0 Å². The van der Waals surface area contributed by atoms with E-state index in [2.05, 4.69) is 15.2 Å². The van der Waals surface area contributed by atoms with Gasteiger partial charge in [-0.1, -0.05) is 18.2 Å². The number of para-hydroxylation sites is 1. The molecule has 0 unspecified atom stereocenters. The second-order valence-electron chi connectivity index (χ2n) is 5.53.